The number of hydrogen-bond acceptors (Lipinski definition) is 5. The highest BCUT2D eigenvalue weighted by atomic mass is 19.1. The van der Waals surface area contributed by atoms with Gasteiger partial charge in [-0.1, -0.05) is 6.07 Å². The smallest absolute Gasteiger partial charge is 0.290 e. The minimum absolute atomic E-state index is 0.159. The molecule has 8 nitrogen and oxygen atoms in total. The van der Waals surface area contributed by atoms with E-state index in [1.54, 1.807) is 31.4 Å². The number of rotatable bonds is 5. The van der Waals surface area contributed by atoms with E-state index >= 15 is 0 Å². The van der Waals surface area contributed by atoms with Gasteiger partial charge in [-0.25, -0.2) is 14.0 Å². The molecule has 0 aliphatic heterocycles. The Kier molecular flexibility index (Phi) is 4.78. The van der Waals surface area contributed by atoms with Crippen molar-refractivity contribution >= 4 is 17.1 Å². The SMILES string of the molecule is COc1ccc(-c2cc3c(=O)[nH]nc(CC(=O)Nc4cccc(F)c4)n3n2)cc1. The zero-order chi connectivity index (χ0) is 20.4. The van der Waals surface area contributed by atoms with Crippen LogP contribution in [0, 0.1) is 5.82 Å². The third kappa shape index (κ3) is 3.84. The van der Waals surface area contributed by atoms with Crippen LogP contribution in [0.3, 0.4) is 0 Å². The molecule has 2 N–H and O–H groups in total. The zero-order valence-electron chi connectivity index (χ0n) is 15.3. The average Bonchev–Trinajstić information content (AvgIpc) is 3.17. The van der Waals surface area contributed by atoms with Crippen molar-refractivity contribution in [2.75, 3.05) is 12.4 Å². The molecule has 0 unspecified atom stereocenters. The van der Waals surface area contributed by atoms with Crippen LogP contribution in [0.25, 0.3) is 16.8 Å². The Labute approximate surface area is 164 Å². The van der Waals surface area contributed by atoms with Gasteiger partial charge in [0.25, 0.3) is 5.56 Å². The number of carbonyl (C=O) groups is 1. The van der Waals surface area contributed by atoms with Gasteiger partial charge in [-0.05, 0) is 48.5 Å². The van der Waals surface area contributed by atoms with Gasteiger partial charge in [0.05, 0.1) is 19.2 Å². The highest BCUT2D eigenvalue weighted by Crippen LogP contribution is 2.22. The second-order valence-electron chi connectivity index (χ2n) is 6.26. The van der Waals surface area contributed by atoms with Crippen molar-refractivity contribution in [3.63, 3.8) is 0 Å². The van der Waals surface area contributed by atoms with Gasteiger partial charge in [0.2, 0.25) is 5.91 Å². The number of H-pyrrole nitrogens is 1. The van der Waals surface area contributed by atoms with Gasteiger partial charge in [-0.2, -0.15) is 10.2 Å². The standard InChI is InChI=1S/C20H16FN5O3/c1-29-15-7-5-12(6-8-15)16-10-17-20(28)24-23-18(26(17)25-16)11-19(27)22-14-4-2-3-13(21)9-14/h2-10H,11H2,1H3,(H,22,27)(H,24,28). The summed E-state index contributed by atoms with van der Waals surface area (Å²) in [6.07, 6.45) is -0.159. The molecule has 29 heavy (non-hydrogen) atoms. The number of carbonyl (C=O) groups excluding carboxylic acids is 1. The Morgan fingerprint density at radius 2 is 2.00 bits per heavy atom. The van der Waals surface area contributed by atoms with E-state index in [4.69, 9.17) is 4.74 Å². The molecule has 1 amide bonds. The third-order valence-electron chi connectivity index (χ3n) is 4.29. The van der Waals surface area contributed by atoms with E-state index < -0.39 is 17.3 Å². The minimum atomic E-state index is -0.455. The van der Waals surface area contributed by atoms with E-state index in [-0.39, 0.29) is 17.8 Å². The number of anilines is 1. The third-order valence-corrected chi connectivity index (χ3v) is 4.29. The van der Waals surface area contributed by atoms with Gasteiger partial charge in [-0.3, -0.25) is 9.59 Å². The number of benzene rings is 2. The van der Waals surface area contributed by atoms with E-state index in [2.05, 4.69) is 20.6 Å². The van der Waals surface area contributed by atoms with Gasteiger partial charge in [0.1, 0.15) is 17.1 Å². The summed E-state index contributed by atoms with van der Waals surface area (Å²) in [4.78, 5) is 24.5. The topological polar surface area (TPSA) is 101 Å². The Morgan fingerprint density at radius 1 is 1.21 bits per heavy atom. The highest BCUT2D eigenvalue weighted by molar-refractivity contribution is 5.91. The maximum Gasteiger partial charge on any atom is 0.290 e. The van der Waals surface area contributed by atoms with E-state index in [1.165, 1.54) is 22.7 Å². The number of nitrogens with one attached hydrogen (secondary N) is 2. The summed E-state index contributed by atoms with van der Waals surface area (Å²) >= 11 is 0. The highest BCUT2D eigenvalue weighted by Gasteiger charge is 2.15. The van der Waals surface area contributed by atoms with Gasteiger partial charge in [0, 0.05) is 11.3 Å². The van der Waals surface area contributed by atoms with Crippen LogP contribution < -0.4 is 15.6 Å². The first-order valence-corrected chi connectivity index (χ1v) is 8.70. The van der Waals surface area contributed by atoms with Crippen molar-refractivity contribution in [1.82, 2.24) is 19.8 Å². The lowest BCUT2D eigenvalue weighted by Crippen LogP contribution is -2.22. The first-order chi connectivity index (χ1) is 14.0. The molecule has 146 valence electrons. The summed E-state index contributed by atoms with van der Waals surface area (Å²) in [6, 6.07) is 14.4. The fourth-order valence-electron chi connectivity index (χ4n) is 2.89. The molecule has 0 aliphatic carbocycles. The minimum Gasteiger partial charge on any atom is -0.497 e. The quantitative estimate of drug-likeness (QED) is 0.542. The van der Waals surface area contributed by atoms with Crippen molar-refractivity contribution in [1.29, 1.82) is 0 Å². The molecule has 0 radical (unpaired) electrons. The number of methoxy groups -OCH3 is 1. The molecule has 0 fully saturated rings. The van der Waals surface area contributed by atoms with E-state index in [0.717, 1.165) is 5.56 Å². The van der Waals surface area contributed by atoms with Crippen LogP contribution in [0.2, 0.25) is 0 Å². The number of ether oxygens (including phenoxy) is 1. The molecular formula is C20H16FN5O3. The zero-order valence-corrected chi connectivity index (χ0v) is 15.3. The lowest BCUT2D eigenvalue weighted by Gasteiger charge is -2.06. The van der Waals surface area contributed by atoms with Gasteiger partial charge in [0.15, 0.2) is 5.82 Å². The van der Waals surface area contributed by atoms with Crippen molar-refractivity contribution in [2.45, 2.75) is 6.42 Å². The number of aromatic nitrogens is 4. The summed E-state index contributed by atoms with van der Waals surface area (Å²) < 4.78 is 19.8. The number of amides is 1. The van der Waals surface area contributed by atoms with Crippen LogP contribution in [0.1, 0.15) is 5.82 Å². The predicted octanol–water partition coefficient (Wildman–Crippen LogP) is 2.41. The van der Waals surface area contributed by atoms with Gasteiger partial charge >= 0.3 is 0 Å². The molecule has 0 bridgehead atoms. The lowest BCUT2D eigenvalue weighted by molar-refractivity contribution is -0.115. The molecule has 4 aromatic rings. The molecule has 9 heteroatoms. The lowest BCUT2D eigenvalue weighted by atomic mass is 10.1. The maximum absolute atomic E-state index is 13.3. The Bertz CT molecular complexity index is 1250. The fraction of sp³-hybridized carbons (Fsp3) is 0.100. The summed E-state index contributed by atoms with van der Waals surface area (Å²) in [6.45, 7) is 0. The van der Waals surface area contributed by atoms with Crippen molar-refractivity contribution in [3.8, 4) is 17.0 Å². The number of fused-ring (bicyclic) bond motifs is 1. The number of hydrogen-bond donors (Lipinski definition) is 2. The molecule has 0 atom stereocenters. The molecule has 2 aromatic heterocycles. The summed E-state index contributed by atoms with van der Waals surface area (Å²) in [5.41, 5.74) is 1.50. The largest absolute Gasteiger partial charge is 0.497 e. The molecule has 2 heterocycles. The molecular weight excluding hydrogens is 377 g/mol. The monoisotopic (exact) mass is 393 g/mol. The Morgan fingerprint density at radius 3 is 2.72 bits per heavy atom. The number of aromatic amines is 1. The van der Waals surface area contributed by atoms with Crippen molar-refractivity contribution < 1.29 is 13.9 Å². The van der Waals surface area contributed by atoms with Crippen LogP contribution in [0.15, 0.2) is 59.4 Å². The van der Waals surface area contributed by atoms with Crippen LogP contribution >= 0.6 is 0 Å². The predicted molar refractivity (Wildman–Crippen MR) is 104 cm³/mol. The molecule has 4 rings (SSSR count). The fourth-order valence-corrected chi connectivity index (χ4v) is 2.89. The van der Waals surface area contributed by atoms with E-state index in [9.17, 15) is 14.0 Å². The average molecular weight is 393 g/mol. The molecule has 0 aliphatic rings. The normalized spacial score (nSPS) is 10.8. The van der Waals surface area contributed by atoms with Crippen LogP contribution in [0.5, 0.6) is 5.75 Å². The first kappa shape index (κ1) is 18.4. The number of halogens is 1. The molecule has 2 aromatic carbocycles. The van der Waals surface area contributed by atoms with Gasteiger partial charge in [-0.15, -0.1) is 0 Å². The first-order valence-electron chi connectivity index (χ1n) is 8.70. The Balaban J connectivity index is 1.64. The molecule has 0 saturated carbocycles. The molecule has 0 spiro atoms. The van der Waals surface area contributed by atoms with E-state index in [1.807, 2.05) is 12.1 Å². The summed E-state index contributed by atoms with van der Waals surface area (Å²) in [5, 5.41) is 13.3. The maximum atomic E-state index is 13.3. The van der Waals surface area contributed by atoms with Crippen molar-refractivity contribution in [3.05, 3.63) is 76.6 Å². The summed E-state index contributed by atoms with van der Waals surface area (Å²) in [5.74, 6) is 0.0708. The number of nitrogens with zero attached hydrogens (tertiary/aromatic N) is 3. The van der Waals surface area contributed by atoms with E-state index in [0.29, 0.717) is 17.1 Å². The van der Waals surface area contributed by atoms with Gasteiger partial charge < -0.3 is 10.1 Å². The van der Waals surface area contributed by atoms with Crippen LogP contribution in [0.4, 0.5) is 10.1 Å². The summed E-state index contributed by atoms with van der Waals surface area (Å²) in [7, 11) is 1.58. The van der Waals surface area contributed by atoms with Crippen LogP contribution in [-0.4, -0.2) is 32.8 Å². The van der Waals surface area contributed by atoms with Crippen LogP contribution in [-0.2, 0) is 11.2 Å². The molecule has 0 saturated heterocycles. The Hall–Kier alpha value is -4.01. The van der Waals surface area contributed by atoms with Crippen molar-refractivity contribution in [2.24, 2.45) is 0 Å². The second kappa shape index (κ2) is 7.55. The second-order valence-corrected chi connectivity index (χ2v) is 6.26.